The van der Waals surface area contributed by atoms with Crippen molar-refractivity contribution in [2.75, 3.05) is 0 Å². The van der Waals surface area contributed by atoms with Crippen LogP contribution >= 0.6 is 0 Å². The van der Waals surface area contributed by atoms with Crippen molar-refractivity contribution in [3.8, 4) is 22.3 Å². The second kappa shape index (κ2) is 9.49. The average molecular weight is 631 g/mol. The van der Waals surface area contributed by atoms with Crippen molar-refractivity contribution in [1.29, 1.82) is 0 Å². The van der Waals surface area contributed by atoms with Crippen LogP contribution in [0.1, 0.15) is 0 Å². The van der Waals surface area contributed by atoms with Crippen LogP contribution in [0.4, 0.5) is 0 Å². The van der Waals surface area contributed by atoms with Gasteiger partial charge in [0.05, 0.1) is 22.1 Å². The number of nitrogens with zero attached hydrogens (tertiary/aromatic N) is 2. The Morgan fingerprint density at radius 3 is 1.10 bits per heavy atom. The summed E-state index contributed by atoms with van der Waals surface area (Å²) in [6.07, 6.45) is 0. The fraction of sp³-hybridized carbons (Fsp3) is 0. The summed E-state index contributed by atoms with van der Waals surface area (Å²) >= 11 is 0. The summed E-state index contributed by atoms with van der Waals surface area (Å²) < 4.78 is 0. The minimum absolute atomic E-state index is 1.01. The molecular formula is C48H26N2. The standard InChI is InChI=1S/C48H26N2/c1-3-15-29-27(11-1)13-9-21-31(29)41-33-17-5-7-19-35(33)47-43-37(41)23-25-39-45(43)46-40(49-47)26-24-38-42(32-22-10-14-28-12-2-4-16-30(28)32)34-18-6-8-20-36(34)48(50-39)44(38)46/h1-26H. The molecule has 0 fully saturated rings. The molecule has 0 atom stereocenters. The first-order valence-corrected chi connectivity index (χ1v) is 17.3. The molecule has 0 radical (unpaired) electrons. The smallest absolute Gasteiger partial charge is 0.0801 e. The van der Waals surface area contributed by atoms with Gasteiger partial charge in [0.2, 0.25) is 0 Å². The van der Waals surface area contributed by atoms with Gasteiger partial charge in [0, 0.05) is 32.3 Å². The molecule has 0 aliphatic rings. The van der Waals surface area contributed by atoms with Crippen LogP contribution in [0.15, 0.2) is 158 Å². The van der Waals surface area contributed by atoms with E-state index < -0.39 is 0 Å². The maximum Gasteiger partial charge on any atom is 0.0801 e. The quantitative estimate of drug-likeness (QED) is 0.140. The zero-order chi connectivity index (χ0) is 32.5. The fourth-order valence-corrected chi connectivity index (χ4v) is 9.10. The number of aromatic nitrogens is 2. The van der Waals surface area contributed by atoms with Gasteiger partial charge in [-0.2, -0.15) is 0 Å². The van der Waals surface area contributed by atoms with Gasteiger partial charge >= 0.3 is 0 Å². The predicted molar refractivity (Wildman–Crippen MR) is 213 cm³/mol. The third kappa shape index (κ3) is 3.28. The first kappa shape index (κ1) is 26.3. The van der Waals surface area contributed by atoms with E-state index in [-0.39, 0.29) is 0 Å². The molecule has 2 heteroatoms. The number of hydrogen-bond acceptors (Lipinski definition) is 2. The van der Waals surface area contributed by atoms with Gasteiger partial charge in [-0.15, -0.1) is 0 Å². The summed E-state index contributed by atoms with van der Waals surface area (Å²) in [5, 5.41) is 17.0. The highest BCUT2D eigenvalue weighted by Crippen LogP contribution is 2.50. The highest BCUT2D eigenvalue weighted by molar-refractivity contribution is 6.41. The van der Waals surface area contributed by atoms with Crippen molar-refractivity contribution in [2.45, 2.75) is 0 Å². The van der Waals surface area contributed by atoms with Gasteiger partial charge in [-0.1, -0.05) is 146 Å². The summed E-state index contributed by atoms with van der Waals surface area (Å²) in [6, 6.07) is 57.5. The van der Waals surface area contributed by atoms with Gasteiger partial charge in [-0.3, -0.25) is 0 Å². The van der Waals surface area contributed by atoms with E-state index in [0.717, 1.165) is 22.1 Å². The molecular weight excluding hydrogens is 605 g/mol. The summed E-state index contributed by atoms with van der Waals surface area (Å²) in [5.41, 5.74) is 9.10. The average Bonchev–Trinajstić information content (AvgIpc) is 3.18. The maximum atomic E-state index is 5.56. The van der Waals surface area contributed by atoms with Crippen molar-refractivity contribution in [2.24, 2.45) is 0 Å². The third-order valence-corrected chi connectivity index (χ3v) is 11.1. The predicted octanol–water partition coefficient (Wildman–Crippen LogP) is 13.1. The maximum absolute atomic E-state index is 5.56. The Balaban J connectivity index is 1.33. The second-order valence-corrected chi connectivity index (χ2v) is 13.6. The lowest BCUT2D eigenvalue weighted by molar-refractivity contribution is 1.50. The molecule has 10 aromatic carbocycles. The molecule has 228 valence electrons. The molecule has 2 aromatic heterocycles. The van der Waals surface area contributed by atoms with Crippen LogP contribution in [0.5, 0.6) is 0 Å². The largest absolute Gasteiger partial charge is 0.247 e. The van der Waals surface area contributed by atoms with E-state index in [1.807, 2.05) is 0 Å². The first-order valence-electron chi connectivity index (χ1n) is 17.3. The normalized spacial score (nSPS) is 12.4. The Kier molecular flexibility index (Phi) is 5.00. The molecule has 12 rings (SSSR count). The fourth-order valence-electron chi connectivity index (χ4n) is 9.10. The molecule has 12 aromatic rings. The Labute approximate surface area is 286 Å². The number of fused-ring (bicyclic) bond motifs is 6. The van der Waals surface area contributed by atoms with Gasteiger partial charge in [0.15, 0.2) is 0 Å². The molecule has 0 bridgehead atoms. The highest BCUT2D eigenvalue weighted by Gasteiger charge is 2.25. The summed E-state index contributed by atoms with van der Waals surface area (Å²) in [4.78, 5) is 11.1. The van der Waals surface area contributed by atoms with E-state index in [1.54, 1.807) is 0 Å². The van der Waals surface area contributed by atoms with Crippen LogP contribution in [-0.4, -0.2) is 9.97 Å². The zero-order valence-electron chi connectivity index (χ0n) is 26.9. The Bertz CT molecular complexity index is 3140. The third-order valence-electron chi connectivity index (χ3n) is 11.1. The molecule has 50 heavy (non-hydrogen) atoms. The molecule has 0 spiro atoms. The second-order valence-electron chi connectivity index (χ2n) is 13.6. The van der Waals surface area contributed by atoms with Crippen LogP contribution in [0.2, 0.25) is 0 Å². The number of pyridine rings is 2. The van der Waals surface area contributed by atoms with Crippen LogP contribution in [0, 0.1) is 0 Å². The van der Waals surface area contributed by atoms with E-state index >= 15 is 0 Å². The van der Waals surface area contributed by atoms with Gasteiger partial charge in [0.1, 0.15) is 0 Å². The molecule has 0 N–H and O–H groups in total. The molecule has 2 nitrogen and oxygen atoms in total. The summed E-state index contributed by atoms with van der Waals surface area (Å²) in [7, 11) is 0. The number of rotatable bonds is 2. The van der Waals surface area contributed by atoms with E-state index in [0.29, 0.717) is 0 Å². The molecule has 0 saturated heterocycles. The topological polar surface area (TPSA) is 25.8 Å². The molecule has 0 amide bonds. The Hall–Kier alpha value is -6.64. The molecule has 0 unspecified atom stereocenters. The van der Waals surface area contributed by atoms with Crippen molar-refractivity contribution < 1.29 is 0 Å². The van der Waals surface area contributed by atoms with Crippen molar-refractivity contribution in [3.05, 3.63) is 158 Å². The monoisotopic (exact) mass is 630 g/mol. The van der Waals surface area contributed by atoms with Gasteiger partial charge in [-0.25, -0.2) is 9.97 Å². The van der Waals surface area contributed by atoms with E-state index in [4.69, 9.17) is 9.97 Å². The van der Waals surface area contributed by atoms with Crippen LogP contribution in [-0.2, 0) is 0 Å². The first-order chi connectivity index (χ1) is 24.8. The van der Waals surface area contributed by atoms with Gasteiger partial charge < -0.3 is 0 Å². The van der Waals surface area contributed by atoms with Gasteiger partial charge in [-0.05, 0) is 77.5 Å². The molecule has 2 heterocycles. The number of hydrogen-bond donors (Lipinski definition) is 0. The molecule has 0 aliphatic heterocycles. The van der Waals surface area contributed by atoms with Crippen LogP contribution < -0.4 is 0 Å². The summed E-state index contributed by atoms with van der Waals surface area (Å²) in [6.45, 7) is 0. The van der Waals surface area contributed by atoms with E-state index in [9.17, 15) is 0 Å². The van der Waals surface area contributed by atoms with Crippen molar-refractivity contribution in [3.63, 3.8) is 0 Å². The van der Waals surface area contributed by atoms with Crippen LogP contribution in [0.3, 0.4) is 0 Å². The number of benzene rings is 10. The van der Waals surface area contributed by atoms with Crippen LogP contribution in [0.25, 0.3) is 120 Å². The lowest BCUT2D eigenvalue weighted by atomic mass is 9.83. The van der Waals surface area contributed by atoms with Gasteiger partial charge in [0.25, 0.3) is 0 Å². The van der Waals surface area contributed by atoms with Crippen molar-refractivity contribution >= 4 is 97.5 Å². The van der Waals surface area contributed by atoms with Crippen molar-refractivity contribution in [1.82, 2.24) is 9.97 Å². The SMILES string of the molecule is c1ccc2c(-c3c4ccccc4c4nc5ccc6c(-c7cccc8ccccc78)c7ccccc7c7nc8ccc3c4c8c5c67)cccc2c1. The zero-order valence-corrected chi connectivity index (χ0v) is 26.9. The Morgan fingerprint density at radius 1 is 0.260 bits per heavy atom. The lowest BCUT2D eigenvalue weighted by Crippen LogP contribution is -1.98. The molecule has 0 aliphatic carbocycles. The lowest BCUT2D eigenvalue weighted by Gasteiger charge is -2.22. The summed E-state index contributed by atoms with van der Waals surface area (Å²) in [5.74, 6) is 0. The Morgan fingerprint density at radius 2 is 0.640 bits per heavy atom. The van der Waals surface area contributed by atoms with E-state index in [1.165, 1.54) is 97.7 Å². The molecule has 0 saturated carbocycles. The minimum Gasteiger partial charge on any atom is -0.247 e. The minimum atomic E-state index is 1.01. The van der Waals surface area contributed by atoms with E-state index in [2.05, 4.69) is 158 Å². The highest BCUT2D eigenvalue weighted by atomic mass is 14.7.